The number of hydrogen-bond acceptors (Lipinski definition) is 8. The highest BCUT2D eigenvalue weighted by molar-refractivity contribution is 5.82. The Labute approximate surface area is 152 Å². The van der Waals surface area contributed by atoms with Gasteiger partial charge in [0, 0.05) is 24.3 Å². The van der Waals surface area contributed by atoms with Gasteiger partial charge >= 0.3 is 0 Å². The van der Waals surface area contributed by atoms with E-state index < -0.39 is 0 Å². The smallest absolute Gasteiger partial charge is 0.151 e. The molecule has 0 spiro atoms. The van der Waals surface area contributed by atoms with E-state index in [0.29, 0.717) is 45.9 Å². The van der Waals surface area contributed by atoms with Gasteiger partial charge in [-0.3, -0.25) is 5.01 Å². The minimum atomic E-state index is 0.462. The second-order valence-corrected chi connectivity index (χ2v) is 5.13. The van der Waals surface area contributed by atoms with Crippen LogP contribution in [0.3, 0.4) is 0 Å². The Morgan fingerprint density at radius 3 is 1.00 bits per heavy atom. The maximum absolute atomic E-state index is 6.44. The molecule has 8 heteroatoms. The van der Waals surface area contributed by atoms with Gasteiger partial charge in [-0.15, -0.1) is 0 Å². The van der Waals surface area contributed by atoms with Crippen molar-refractivity contribution in [1.82, 2.24) is 0 Å². The van der Waals surface area contributed by atoms with Gasteiger partial charge in [0.15, 0.2) is 23.0 Å². The molecule has 0 aliphatic rings. The first-order chi connectivity index (χ1) is 12.5. The summed E-state index contributed by atoms with van der Waals surface area (Å²) in [5.74, 6) is 9.43. The molecule has 8 nitrogen and oxygen atoms in total. The fourth-order valence-electron chi connectivity index (χ4n) is 2.56. The van der Waals surface area contributed by atoms with E-state index in [1.54, 1.807) is 38.5 Å². The molecule has 2 aromatic rings. The standard InChI is InChI=1S/C18H24N2O6/c1-21-11-7-13(23-3)17(14(8-11)24-4)20(19)18-15(25-5)9-12(22-2)10-16(18)26-6/h7-10H,19H2,1-6H3. The fraction of sp³-hybridized carbons (Fsp3) is 0.333. The molecule has 0 radical (unpaired) electrons. The van der Waals surface area contributed by atoms with Crippen LogP contribution < -0.4 is 39.3 Å². The molecule has 2 rings (SSSR count). The van der Waals surface area contributed by atoms with E-state index in [2.05, 4.69) is 0 Å². The predicted octanol–water partition coefficient (Wildman–Crippen LogP) is 2.75. The zero-order valence-electron chi connectivity index (χ0n) is 15.8. The number of benzene rings is 2. The maximum Gasteiger partial charge on any atom is 0.151 e. The third kappa shape index (κ3) is 3.50. The molecule has 0 unspecified atom stereocenters. The Kier molecular flexibility index (Phi) is 6.24. The van der Waals surface area contributed by atoms with E-state index in [1.807, 2.05) is 0 Å². The van der Waals surface area contributed by atoms with Gasteiger partial charge in [-0.2, -0.15) is 0 Å². The highest BCUT2D eigenvalue weighted by Crippen LogP contribution is 2.49. The summed E-state index contributed by atoms with van der Waals surface area (Å²) in [6.07, 6.45) is 0. The molecule has 0 aliphatic heterocycles. The molecular weight excluding hydrogens is 340 g/mol. The van der Waals surface area contributed by atoms with E-state index in [0.717, 1.165) is 0 Å². The van der Waals surface area contributed by atoms with Crippen molar-refractivity contribution in [2.75, 3.05) is 47.7 Å². The van der Waals surface area contributed by atoms with Crippen LogP contribution in [0.4, 0.5) is 11.4 Å². The first kappa shape index (κ1) is 19.3. The number of rotatable bonds is 8. The van der Waals surface area contributed by atoms with Gasteiger partial charge in [0.1, 0.15) is 22.9 Å². The summed E-state index contributed by atoms with van der Waals surface area (Å²) < 4.78 is 32.5. The molecule has 2 aromatic carbocycles. The molecule has 0 saturated carbocycles. The van der Waals surface area contributed by atoms with Crippen LogP contribution in [0.25, 0.3) is 0 Å². The molecule has 0 aromatic heterocycles. The Balaban J connectivity index is 2.71. The Morgan fingerprint density at radius 2 is 0.808 bits per heavy atom. The van der Waals surface area contributed by atoms with Crippen LogP contribution in [0.2, 0.25) is 0 Å². The zero-order valence-corrected chi connectivity index (χ0v) is 15.8. The minimum Gasteiger partial charge on any atom is -0.496 e. The second kappa shape index (κ2) is 8.39. The van der Waals surface area contributed by atoms with Crippen molar-refractivity contribution >= 4 is 11.4 Å². The van der Waals surface area contributed by atoms with Crippen molar-refractivity contribution < 1.29 is 28.4 Å². The predicted molar refractivity (Wildman–Crippen MR) is 98.5 cm³/mol. The quantitative estimate of drug-likeness (QED) is 0.565. The first-order valence-corrected chi connectivity index (χ1v) is 7.69. The molecule has 142 valence electrons. The zero-order chi connectivity index (χ0) is 19.3. The van der Waals surface area contributed by atoms with Gasteiger partial charge in [-0.25, -0.2) is 5.84 Å². The van der Waals surface area contributed by atoms with Gasteiger partial charge in [0.2, 0.25) is 0 Å². The summed E-state index contributed by atoms with van der Waals surface area (Å²) in [5.41, 5.74) is 0.968. The Morgan fingerprint density at radius 1 is 0.538 bits per heavy atom. The number of nitrogens with zero attached hydrogens (tertiary/aromatic N) is 1. The van der Waals surface area contributed by atoms with E-state index >= 15 is 0 Å². The van der Waals surface area contributed by atoms with Crippen molar-refractivity contribution in [3.63, 3.8) is 0 Å². The molecular formula is C18H24N2O6. The maximum atomic E-state index is 6.44. The van der Waals surface area contributed by atoms with Gasteiger partial charge in [-0.1, -0.05) is 0 Å². The molecule has 0 fully saturated rings. The summed E-state index contributed by atoms with van der Waals surface area (Å²) in [4.78, 5) is 0. The normalized spacial score (nSPS) is 10.1. The van der Waals surface area contributed by atoms with Crippen LogP contribution in [0, 0.1) is 0 Å². The van der Waals surface area contributed by atoms with Gasteiger partial charge in [0.05, 0.1) is 42.7 Å². The molecule has 0 saturated heterocycles. The molecule has 0 amide bonds. The van der Waals surface area contributed by atoms with E-state index in [-0.39, 0.29) is 0 Å². The van der Waals surface area contributed by atoms with Crippen molar-refractivity contribution in [3.8, 4) is 34.5 Å². The molecule has 0 aliphatic carbocycles. The lowest BCUT2D eigenvalue weighted by atomic mass is 10.2. The molecule has 0 heterocycles. The SMILES string of the molecule is COc1cc(OC)c(N(N)c2c(OC)cc(OC)cc2OC)c(OC)c1. The molecule has 0 bridgehead atoms. The van der Waals surface area contributed by atoms with Crippen LogP contribution in [-0.2, 0) is 0 Å². The molecule has 2 N–H and O–H groups in total. The number of nitrogens with two attached hydrogens (primary N) is 1. The lowest BCUT2D eigenvalue weighted by Gasteiger charge is -2.27. The van der Waals surface area contributed by atoms with E-state index in [4.69, 9.17) is 34.3 Å². The van der Waals surface area contributed by atoms with Crippen molar-refractivity contribution in [2.45, 2.75) is 0 Å². The highest BCUT2D eigenvalue weighted by atomic mass is 16.5. The lowest BCUT2D eigenvalue weighted by molar-refractivity contribution is 0.371. The summed E-state index contributed by atoms with van der Waals surface area (Å²) in [6, 6.07) is 6.83. The number of methoxy groups -OCH3 is 6. The Bertz CT molecular complexity index is 652. The largest absolute Gasteiger partial charge is 0.496 e. The number of ether oxygens (including phenoxy) is 6. The minimum absolute atomic E-state index is 0.462. The fourth-order valence-corrected chi connectivity index (χ4v) is 2.56. The Hall–Kier alpha value is -3.00. The van der Waals surface area contributed by atoms with Gasteiger partial charge in [-0.05, 0) is 0 Å². The van der Waals surface area contributed by atoms with Crippen LogP contribution in [0.15, 0.2) is 24.3 Å². The molecule has 26 heavy (non-hydrogen) atoms. The van der Waals surface area contributed by atoms with Crippen molar-refractivity contribution in [3.05, 3.63) is 24.3 Å². The number of hydrazine groups is 1. The highest BCUT2D eigenvalue weighted by Gasteiger charge is 2.25. The summed E-state index contributed by atoms with van der Waals surface area (Å²) in [7, 11) is 9.26. The van der Waals surface area contributed by atoms with Gasteiger partial charge < -0.3 is 28.4 Å². The van der Waals surface area contributed by atoms with Crippen LogP contribution in [0.1, 0.15) is 0 Å². The van der Waals surface area contributed by atoms with Crippen LogP contribution >= 0.6 is 0 Å². The summed E-state index contributed by atoms with van der Waals surface area (Å²) >= 11 is 0. The average molecular weight is 364 g/mol. The molecule has 0 atom stereocenters. The van der Waals surface area contributed by atoms with Gasteiger partial charge in [0.25, 0.3) is 0 Å². The lowest BCUT2D eigenvalue weighted by Crippen LogP contribution is -2.27. The summed E-state index contributed by atoms with van der Waals surface area (Å²) in [5, 5.41) is 1.38. The average Bonchev–Trinajstić information content (AvgIpc) is 2.70. The first-order valence-electron chi connectivity index (χ1n) is 7.69. The van der Waals surface area contributed by atoms with E-state index in [1.165, 1.54) is 33.4 Å². The third-order valence-electron chi connectivity index (χ3n) is 3.86. The number of hydrogen-bond donors (Lipinski definition) is 1. The van der Waals surface area contributed by atoms with Crippen LogP contribution in [0.5, 0.6) is 34.5 Å². The van der Waals surface area contributed by atoms with Crippen molar-refractivity contribution in [2.24, 2.45) is 5.84 Å². The second-order valence-electron chi connectivity index (χ2n) is 5.13. The monoisotopic (exact) mass is 364 g/mol. The number of anilines is 2. The third-order valence-corrected chi connectivity index (χ3v) is 3.86. The topological polar surface area (TPSA) is 84.6 Å². The van der Waals surface area contributed by atoms with Crippen molar-refractivity contribution in [1.29, 1.82) is 0 Å². The van der Waals surface area contributed by atoms with E-state index in [9.17, 15) is 0 Å². The van der Waals surface area contributed by atoms with Crippen LogP contribution in [-0.4, -0.2) is 42.7 Å². The summed E-state index contributed by atoms with van der Waals surface area (Å²) in [6.45, 7) is 0.